The lowest BCUT2D eigenvalue weighted by molar-refractivity contribution is -0.242. The molecule has 1 fully saturated rings. The Balaban J connectivity index is 1.56. The average Bonchev–Trinajstić information content (AvgIpc) is 2.80. The highest BCUT2D eigenvalue weighted by Crippen LogP contribution is 2.26. The molecular weight excluding hydrogens is 382 g/mol. The molecule has 1 saturated heterocycles. The van der Waals surface area contributed by atoms with Gasteiger partial charge in [-0.3, -0.25) is 0 Å². The first-order chi connectivity index (χ1) is 14.6. The summed E-state index contributed by atoms with van der Waals surface area (Å²) < 4.78 is 22.5. The van der Waals surface area contributed by atoms with Gasteiger partial charge in [-0.15, -0.1) is 0 Å². The first kappa shape index (κ1) is 22.0. The lowest BCUT2D eigenvalue weighted by Gasteiger charge is -2.34. The van der Waals surface area contributed by atoms with Crippen molar-refractivity contribution < 1.29 is 23.7 Å². The van der Waals surface area contributed by atoms with Crippen molar-refractivity contribution in [2.75, 3.05) is 13.7 Å². The van der Waals surface area contributed by atoms with Crippen LogP contribution < -0.4 is 4.74 Å². The van der Waals surface area contributed by atoms with Gasteiger partial charge in [-0.2, -0.15) is 5.26 Å². The second-order valence-corrected chi connectivity index (χ2v) is 7.20. The summed E-state index contributed by atoms with van der Waals surface area (Å²) in [7, 11) is 1.55. The number of esters is 1. The van der Waals surface area contributed by atoms with Crippen LogP contribution in [0.2, 0.25) is 0 Å². The molecule has 3 rings (SSSR count). The lowest BCUT2D eigenvalue weighted by atomic mass is 10.0. The quantitative estimate of drug-likeness (QED) is 0.364. The van der Waals surface area contributed by atoms with Gasteiger partial charge >= 0.3 is 5.97 Å². The van der Waals surface area contributed by atoms with E-state index in [0.29, 0.717) is 30.8 Å². The molecule has 2 aromatic rings. The molecule has 0 bridgehead atoms. The molecule has 2 aromatic carbocycles. The maximum atomic E-state index is 12.5. The number of hydrogen-bond acceptors (Lipinski definition) is 6. The Kier molecular flexibility index (Phi) is 7.97. The predicted molar refractivity (Wildman–Crippen MR) is 112 cm³/mol. The smallest absolute Gasteiger partial charge is 0.340 e. The second-order valence-electron chi connectivity index (χ2n) is 7.20. The van der Waals surface area contributed by atoms with Gasteiger partial charge in [-0.05, 0) is 54.7 Å². The molecular formula is C24H27NO5. The van der Waals surface area contributed by atoms with Gasteiger partial charge in [0.25, 0.3) is 0 Å². The summed E-state index contributed by atoms with van der Waals surface area (Å²) in [5.74, 6) is 0.0199. The van der Waals surface area contributed by atoms with E-state index in [1.165, 1.54) is 0 Å². The van der Waals surface area contributed by atoms with Crippen molar-refractivity contribution in [1.29, 1.82) is 5.26 Å². The largest absolute Gasteiger partial charge is 0.425 e. The molecule has 6 nitrogen and oxygen atoms in total. The minimum atomic E-state index is -0.681. The highest BCUT2D eigenvalue weighted by molar-refractivity contribution is 5.77. The molecule has 1 aliphatic heterocycles. The van der Waals surface area contributed by atoms with Gasteiger partial charge in [0.05, 0.1) is 11.6 Å². The number of carbonyl (C=O) groups excluding carboxylic acids is 1. The van der Waals surface area contributed by atoms with Crippen LogP contribution in [0.4, 0.5) is 0 Å². The summed E-state index contributed by atoms with van der Waals surface area (Å²) in [6.07, 6.45) is 1.82. The van der Waals surface area contributed by atoms with Crippen LogP contribution in [-0.4, -0.2) is 38.2 Å². The van der Waals surface area contributed by atoms with Crippen LogP contribution in [0.25, 0.3) is 11.1 Å². The number of nitriles is 1. The summed E-state index contributed by atoms with van der Waals surface area (Å²) in [6.45, 7) is 2.77. The molecule has 1 aliphatic rings. The highest BCUT2D eigenvalue weighted by atomic mass is 16.7. The van der Waals surface area contributed by atoms with Crippen LogP contribution in [0.1, 0.15) is 38.2 Å². The van der Waals surface area contributed by atoms with Crippen molar-refractivity contribution in [3.63, 3.8) is 0 Å². The molecule has 158 valence electrons. The van der Waals surface area contributed by atoms with E-state index in [1.807, 2.05) is 24.3 Å². The van der Waals surface area contributed by atoms with Crippen LogP contribution >= 0.6 is 0 Å². The minimum absolute atomic E-state index is 0.169. The van der Waals surface area contributed by atoms with E-state index in [-0.39, 0.29) is 6.10 Å². The third kappa shape index (κ3) is 5.67. The Labute approximate surface area is 177 Å². The molecule has 0 N–H and O–H groups in total. The molecule has 30 heavy (non-hydrogen) atoms. The Morgan fingerprint density at radius 1 is 1.10 bits per heavy atom. The maximum Gasteiger partial charge on any atom is 0.340 e. The van der Waals surface area contributed by atoms with Crippen molar-refractivity contribution in [3.05, 3.63) is 54.1 Å². The summed E-state index contributed by atoms with van der Waals surface area (Å²) in [4.78, 5) is 12.5. The fourth-order valence-electron chi connectivity index (χ4n) is 3.33. The Morgan fingerprint density at radius 3 is 2.37 bits per heavy atom. The van der Waals surface area contributed by atoms with Gasteiger partial charge in [0.1, 0.15) is 11.9 Å². The Hall–Kier alpha value is -2.72. The van der Waals surface area contributed by atoms with Crippen LogP contribution in [0.5, 0.6) is 5.75 Å². The van der Waals surface area contributed by atoms with Crippen molar-refractivity contribution in [2.24, 2.45) is 0 Å². The topological polar surface area (TPSA) is 77.8 Å². The minimum Gasteiger partial charge on any atom is -0.425 e. The van der Waals surface area contributed by atoms with Crippen LogP contribution in [-0.2, 0) is 19.0 Å². The van der Waals surface area contributed by atoms with Gasteiger partial charge < -0.3 is 18.9 Å². The molecule has 0 amide bonds. The fourth-order valence-corrected chi connectivity index (χ4v) is 3.33. The zero-order chi connectivity index (χ0) is 21.3. The number of unbranched alkanes of at least 4 members (excludes halogenated alkanes) is 1. The van der Waals surface area contributed by atoms with E-state index in [1.54, 1.807) is 31.4 Å². The van der Waals surface area contributed by atoms with Crippen molar-refractivity contribution in [3.8, 4) is 22.9 Å². The number of carbonyl (C=O) groups is 1. The van der Waals surface area contributed by atoms with Crippen LogP contribution in [0, 0.1) is 11.3 Å². The summed E-state index contributed by atoms with van der Waals surface area (Å²) in [5.41, 5.74) is 2.57. The van der Waals surface area contributed by atoms with E-state index < -0.39 is 18.4 Å². The molecule has 3 atom stereocenters. The second kappa shape index (κ2) is 10.9. The number of nitrogens with zero attached hydrogens (tertiary/aromatic N) is 1. The number of benzene rings is 2. The van der Waals surface area contributed by atoms with Crippen LogP contribution in [0.3, 0.4) is 0 Å². The zero-order valence-electron chi connectivity index (χ0n) is 17.4. The van der Waals surface area contributed by atoms with Crippen LogP contribution in [0.15, 0.2) is 48.5 Å². The van der Waals surface area contributed by atoms with Gasteiger partial charge in [0, 0.05) is 13.7 Å². The van der Waals surface area contributed by atoms with E-state index in [0.717, 1.165) is 24.0 Å². The van der Waals surface area contributed by atoms with Gasteiger partial charge in [0.2, 0.25) is 0 Å². The molecule has 6 heteroatoms. The third-order valence-corrected chi connectivity index (χ3v) is 5.06. The van der Waals surface area contributed by atoms with E-state index >= 15 is 0 Å². The van der Waals surface area contributed by atoms with Gasteiger partial charge in [-0.1, -0.05) is 37.6 Å². The molecule has 0 spiro atoms. The SMILES string of the molecule is CCCCO[C@@H]1CC[C@@H](C(=O)Oc2ccc(-c3ccc(C#N)cc3)cc2)O[C@@H]1OC. The molecule has 0 unspecified atom stereocenters. The Bertz CT molecular complexity index is 857. The molecule has 0 aliphatic carbocycles. The first-order valence-corrected chi connectivity index (χ1v) is 10.3. The number of ether oxygens (including phenoxy) is 4. The fraction of sp³-hybridized carbons (Fsp3) is 0.417. The van der Waals surface area contributed by atoms with E-state index in [2.05, 4.69) is 13.0 Å². The molecule has 1 heterocycles. The predicted octanol–water partition coefficient (Wildman–Crippen LogP) is 4.47. The first-order valence-electron chi connectivity index (χ1n) is 10.3. The molecule has 0 aromatic heterocycles. The maximum absolute atomic E-state index is 12.5. The summed E-state index contributed by atoms with van der Waals surface area (Å²) in [6, 6.07) is 16.7. The Morgan fingerprint density at radius 2 is 1.77 bits per heavy atom. The van der Waals surface area contributed by atoms with Crippen molar-refractivity contribution in [1.82, 2.24) is 0 Å². The average molecular weight is 409 g/mol. The number of hydrogen-bond donors (Lipinski definition) is 0. The van der Waals surface area contributed by atoms with E-state index in [4.69, 9.17) is 24.2 Å². The van der Waals surface area contributed by atoms with E-state index in [9.17, 15) is 4.79 Å². The lowest BCUT2D eigenvalue weighted by Crippen LogP contribution is -2.45. The summed E-state index contributed by atoms with van der Waals surface area (Å²) in [5, 5.41) is 8.90. The highest BCUT2D eigenvalue weighted by Gasteiger charge is 2.36. The molecule has 0 saturated carbocycles. The number of rotatable bonds is 8. The van der Waals surface area contributed by atoms with Crippen molar-refractivity contribution in [2.45, 2.75) is 51.1 Å². The monoisotopic (exact) mass is 409 g/mol. The third-order valence-electron chi connectivity index (χ3n) is 5.06. The normalized spacial score (nSPS) is 21.0. The molecule has 0 radical (unpaired) electrons. The summed E-state index contributed by atoms with van der Waals surface area (Å²) >= 11 is 0. The standard InChI is InChI=1S/C24H27NO5/c1-3-4-15-28-22-14-13-21(30-24(22)27-2)23(26)29-20-11-9-19(10-12-20)18-7-5-17(16-25)6-8-18/h5-12,21-22,24H,3-4,13-15H2,1-2H3/t21-,22+,24-/m0/s1. The number of methoxy groups -OCH3 is 1. The van der Waals surface area contributed by atoms with Crippen molar-refractivity contribution >= 4 is 5.97 Å². The van der Waals surface area contributed by atoms with Gasteiger partial charge in [0.15, 0.2) is 12.4 Å². The zero-order valence-corrected chi connectivity index (χ0v) is 17.4. The van der Waals surface area contributed by atoms with Gasteiger partial charge in [-0.25, -0.2) is 4.79 Å².